The van der Waals surface area contributed by atoms with Gasteiger partial charge in [0.2, 0.25) is 0 Å². The lowest BCUT2D eigenvalue weighted by Crippen LogP contribution is -2.41. The molecule has 1 aromatic heterocycles. The summed E-state index contributed by atoms with van der Waals surface area (Å²) >= 11 is 1.86. The SMILES string of the molecule is CCCN(CCc1cccs1)[C@H]1CCc2c(O)cccc2C1.N[C@@H](Cc1ccc(O)c(O)c1)C(=O)O. The van der Waals surface area contributed by atoms with Crippen molar-refractivity contribution in [2.24, 2.45) is 5.73 Å². The molecule has 0 aliphatic heterocycles. The standard InChI is InChI=1S/C19H25NOS.C9H11NO4/c1-2-11-20(12-10-17-6-4-13-22-17)16-8-9-18-15(14-16)5-3-7-19(18)21;10-6(9(13)14)3-5-1-2-7(11)8(12)4-5/h3-7,13,16,21H,2,8-12,14H2,1H3;1-2,4,6,11-12H,3,10H2,(H,13,14)/t16-;6-/m00/s1. The van der Waals surface area contributed by atoms with E-state index >= 15 is 0 Å². The predicted octanol–water partition coefficient (Wildman–Crippen LogP) is 4.32. The molecular weight excluding hydrogens is 476 g/mol. The fourth-order valence-electron chi connectivity index (χ4n) is 4.59. The molecule has 6 N–H and O–H groups in total. The maximum Gasteiger partial charge on any atom is 0.320 e. The minimum Gasteiger partial charge on any atom is -0.508 e. The number of benzene rings is 2. The molecule has 0 unspecified atom stereocenters. The zero-order valence-electron chi connectivity index (χ0n) is 20.6. The van der Waals surface area contributed by atoms with Gasteiger partial charge in [-0.3, -0.25) is 9.69 Å². The van der Waals surface area contributed by atoms with Crippen LogP contribution in [-0.4, -0.2) is 56.5 Å². The molecule has 7 nitrogen and oxygen atoms in total. The molecule has 0 saturated heterocycles. The van der Waals surface area contributed by atoms with Crippen LogP contribution >= 0.6 is 11.3 Å². The van der Waals surface area contributed by atoms with Gasteiger partial charge in [0.25, 0.3) is 0 Å². The Morgan fingerprint density at radius 1 is 1.08 bits per heavy atom. The number of thiophene rings is 1. The Morgan fingerprint density at radius 3 is 2.56 bits per heavy atom. The Kier molecular flexibility index (Phi) is 10.2. The summed E-state index contributed by atoms with van der Waals surface area (Å²) in [6, 6.07) is 14.1. The van der Waals surface area contributed by atoms with Crippen molar-refractivity contribution in [2.45, 2.75) is 57.5 Å². The summed E-state index contributed by atoms with van der Waals surface area (Å²) in [4.78, 5) is 14.6. The Balaban J connectivity index is 0.000000223. The molecule has 2 atom stereocenters. The quantitative estimate of drug-likeness (QED) is 0.270. The zero-order chi connectivity index (χ0) is 26.1. The zero-order valence-corrected chi connectivity index (χ0v) is 21.5. The van der Waals surface area contributed by atoms with E-state index in [9.17, 15) is 9.90 Å². The average molecular weight is 513 g/mol. The van der Waals surface area contributed by atoms with Crippen LogP contribution in [0.15, 0.2) is 53.9 Å². The molecule has 0 saturated carbocycles. The number of nitrogens with two attached hydrogens (primary N) is 1. The van der Waals surface area contributed by atoms with E-state index in [1.165, 1.54) is 47.2 Å². The maximum absolute atomic E-state index is 10.4. The fourth-order valence-corrected chi connectivity index (χ4v) is 5.29. The van der Waals surface area contributed by atoms with Crippen LogP contribution < -0.4 is 5.73 Å². The van der Waals surface area contributed by atoms with Gasteiger partial charge < -0.3 is 26.2 Å². The number of fused-ring (bicyclic) bond motifs is 1. The number of carboxylic acids is 1. The summed E-state index contributed by atoms with van der Waals surface area (Å²) < 4.78 is 0. The van der Waals surface area contributed by atoms with Crippen molar-refractivity contribution in [1.29, 1.82) is 0 Å². The van der Waals surface area contributed by atoms with E-state index in [4.69, 9.17) is 21.1 Å². The van der Waals surface area contributed by atoms with E-state index in [0.717, 1.165) is 32.2 Å². The van der Waals surface area contributed by atoms with Crippen LogP contribution in [0.4, 0.5) is 0 Å². The number of rotatable bonds is 9. The maximum atomic E-state index is 10.4. The minimum atomic E-state index is -1.10. The average Bonchev–Trinajstić information content (AvgIpc) is 3.38. The monoisotopic (exact) mass is 512 g/mol. The Hall–Kier alpha value is -3.07. The molecule has 3 aromatic rings. The molecule has 36 heavy (non-hydrogen) atoms. The lowest BCUT2D eigenvalue weighted by atomic mass is 9.86. The van der Waals surface area contributed by atoms with Crippen molar-refractivity contribution in [3.05, 3.63) is 75.5 Å². The smallest absolute Gasteiger partial charge is 0.320 e. The van der Waals surface area contributed by atoms with Crippen molar-refractivity contribution < 1.29 is 25.2 Å². The van der Waals surface area contributed by atoms with Gasteiger partial charge in [-0.05, 0) is 91.4 Å². The first kappa shape index (κ1) is 27.5. The van der Waals surface area contributed by atoms with Crippen LogP contribution in [0.2, 0.25) is 0 Å². The van der Waals surface area contributed by atoms with Gasteiger partial charge >= 0.3 is 5.97 Å². The van der Waals surface area contributed by atoms with Gasteiger partial charge in [0.1, 0.15) is 11.8 Å². The first-order chi connectivity index (χ1) is 17.3. The molecule has 1 aliphatic rings. The van der Waals surface area contributed by atoms with Crippen molar-refractivity contribution >= 4 is 17.3 Å². The summed E-state index contributed by atoms with van der Waals surface area (Å²) in [6.45, 7) is 4.58. The third-order valence-corrected chi connectivity index (χ3v) is 7.43. The van der Waals surface area contributed by atoms with Crippen molar-refractivity contribution in [3.8, 4) is 17.2 Å². The van der Waals surface area contributed by atoms with Crippen LogP contribution in [0.5, 0.6) is 17.2 Å². The third kappa shape index (κ3) is 7.71. The molecule has 2 aromatic carbocycles. The Morgan fingerprint density at radius 2 is 1.89 bits per heavy atom. The van der Waals surface area contributed by atoms with Gasteiger partial charge in [-0.2, -0.15) is 0 Å². The highest BCUT2D eigenvalue weighted by Gasteiger charge is 2.25. The van der Waals surface area contributed by atoms with E-state index in [0.29, 0.717) is 17.4 Å². The normalized spacial score (nSPS) is 15.6. The highest BCUT2D eigenvalue weighted by molar-refractivity contribution is 7.09. The topological polar surface area (TPSA) is 127 Å². The number of hydrogen-bond acceptors (Lipinski definition) is 7. The van der Waals surface area contributed by atoms with E-state index in [1.54, 1.807) is 0 Å². The fraction of sp³-hybridized carbons (Fsp3) is 0.393. The number of phenols is 3. The summed E-state index contributed by atoms with van der Waals surface area (Å²) in [5, 5.41) is 38.8. The molecule has 194 valence electrons. The van der Waals surface area contributed by atoms with E-state index in [2.05, 4.69) is 35.4 Å². The van der Waals surface area contributed by atoms with Gasteiger partial charge in [0.05, 0.1) is 0 Å². The van der Waals surface area contributed by atoms with Gasteiger partial charge in [0.15, 0.2) is 11.5 Å². The predicted molar refractivity (Wildman–Crippen MR) is 143 cm³/mol. The first-order valence-electron chi connectivity index (χ1n) is 12.3. The Bertz CT molecular complexity index is 1120. The minimum absolute atomic E-state index is 0.114. The largest absolute Gasteiger partial charge is 0.508 e. The molecule has 0 amide bonds. The molecule has 0 fully saturated rings. The summed E-state index contributed by atoms with van der Waals surface area (Å²) in [5.74, 6) is -1.13. The molecule has 4 rings (SSSR count). The van der Waals surface area contributed by atoms with E-state index in [-0.39, 0.29) is 17.9 Å². The first-order valence-corrected chi connectivity index (χ1v) is 13.2. The molecule has 1 aliphatic carbocycles. The second-order valence-electron chi connectivity index (χ2n) is 9.15. The molecule has 8 heteroatoms. The van der Waals surface area contributed by atoms with Crippen molar-refractivity contribution in [3.63, 3.8) is 0 Å². The molecular formula is C28H36N2O5S. The Labute approximate surface area is 216 Å². The molecule has 0 bridgehead atoms. The highest BCUT2D eigenvalue weighted by Crippen LogP contribution is 2.31. The highest BCUT2D eigenvalue weighted by atomic mass is 32.1. The molecule has 1 heterocycles. The number of hydrogen-bond donors (Lipinski definition) is 5. The summed E-state index contributed by atoms with van der Waals surface area (Å²) in [5.41, 5.74) is 8.37. The van der Waals surface area contributed by atoms with Crippen LogP contribution in [0.1, 0.15) is 41.3 Å². The van der Waals surface area contributed by atoms with Gasteiger partial charge in [-0.15, -0.1) is 11.3 Å². The van der Waals surface area contributed by atoms with Crippen LogP contribution in [0.25, 0.3) is 0 Å². The summed E-state index contributed by atoms with van der Waals surface area (Å²) in [6.07, 6.45) is 5.72. The number of phenolic OH excluding ortho intramolecular Hbond substituents is 3. The number of carboxylic acid groups (broad SMARTS) is 1. The lowest BCUT2D eigenvalue weighted by Gasteiger charge is -2.35. The van der Waals surface area contributed by atoms with Crippen LogP contribution in [0.3, 0.4) is 0 Å². The summed E-state index contributed by atoms with van der Waals surface area (Å²) in [7, 11) is 0. The second kappa shape index (κ2) is 13.3. The lowest BCUT2D eigenvalue weighted by molar-refractivity contribution is -0.138. The molecule has 0 spiro atoms. The number of aliphatic carboxylic acids is 1. The van der Waals surface area contributed by atoms with E-state index < -0.39 is 12.0 Å². The van der Waals surface area contributed by atoms with Gasteiger partial charge in [0, 0.05) is 17.5 Å². The number of carbonyl (C=O) groups is 1. The van der Waals surface area contributed by atoms with E-state index in [1.807, 2.05) is 23.5 Å². The molecule has 0 radical (unpaired) electrons. The third-order valence-electron chi connectivity index (χ3n) is 6.50. The van der Waals surface area contributed by atoms with Crippen LogP contribution in [-0.2, 0) is 30.5 Å². The number of nitrogens with zero attached hydrogens (tertiary/aromatic N) is 1. The second-order valence-corrected chi connectivity index (χ2v) is 10.2. The van der Waals surface area contributed by atoms with Gasteiger partial charge in [-0.1, -0.05) is 31.2 Å². The number of aromatic hydroxyl groups is 3. The van der Waals surface area contributed by atoms with Gasteiger partial charge in [-0.25, -0.2) is 0 Å². The van der Waals surface area contributed by atoms with Crippen LogP contribution in [0, 0.1) is 0 Å². The van der Waals surface area contributed by atoms with Crippen molar-refractivity contribution in [1.82, 2.24) is 4.90 Å². The van der Waals surface area contributed by atoms with Crippen molar-refractivity contribution in [2.75, 3.05) is 13.1 Å².